The molecule has 1 fully saturated rings. The van der Waals surface area contributed by atoms with Gasteiger partial charge in [0.2, 0.25) is 5.89 Å². The summed E-state index contributed by atoms with van der Waals surface area (Å²) in [6.07, 6.45) is -3.22. The minimum absolute atomic E-state index is 0.0707. The van der Waals surface area contributed by atoms with Gasteiger partial charge in [0.25, 0.3) is 0 Å². The van der Waals surface area contributed by atoms with Crippen LogP contribution >= 0.6 is 0 Å². The molecule has 1 aromatic rings. The van der Waals surface area contributed by atoms with Gasteiger partial charge in [-0.1, -0.05) is 0 Å². The van der Waals surface area contributed by atoms with E-state index in [9.17, 15) is 17.6 Å². The lowest BCUT2D eigenvalue weighted by Crippen LogP contribution is -2.43. The number of aromatic nitrogens is 1. The topological polar surface area (TPSA) is 50.5 Å². The number of hydrogen-bond acceptors (Lipinski definition) is 5. The Balaban J connectivity index is 2.22. The van der Waals surface area contributed by atoms with Gasteiger partial charge in [0, 0.05) is 31.9 Å². The first-order valence-corrected chi connectivity index (χ1v) is 7.44. The van der Waals surface area contributed by atoms with Crippen LogP contribution in [-0.2, 0) is 11.3 Å². The lowest BCUT2D eigenvalue weighted by Gasteiger charge is -2.29. The first kappa shape index (κ1) is 18.5. The summed E-state index contributed by atoms with van der Waals surface area (Å²) in [6, 6.07) is 2.66. The number of ether oxygens (including phenoxy) is 1. The molecule has 5 nitrogen and oxygen atoms in total. The second kappa shape index (κ2) is 8.29. The van der Waals surface area contributed by atoms with Gasteiger partial charge in [-0.2, -0.15) is 13.2 Å². The van der Waals surface area contributed by atoms with E-state index < -0.39 is 25.2 Å². The van der Waals surface area contributed by atoms with Crippen molar-refractivity contribution in [3.05, 3.63) is 35.8 Å². The fraction of sp³-hybridized carbons (Fsp3) is 0.533. The van der Waals surface area contributed by atoms with Crippen LogP contribution in [0.25, 0.3) is 0 Å². The molecule has 2 heterocycles. The molecule has 0 unspecified atom stereocenters. The van der Waals surface area contributed by atoms with Gasteiger partial charge in [-0.05, 0) is 19.1 Å². The summed E-state index contributed by atoms with van der Waals surface area (Å²) < 4.78 is 60.5. The lowest BCUT2D eigenvalue weighted by atomic mass is 10.3. The Kier molecular flexibility index (Phi) is 6.38. The third-order valence-electron chi connectivity index (χ3n) is 3.26. The van der Waals surface area contributed by atoms with Crippen LogP contribution in [0.4, 0.5) is 23.2 Å². The molecule has 9 heteroatoms. The Bertz CT molecular complexity index is 597. The fourth-order valence-electron chi connectivity index (χ4n) is 2.25. The molecule has 0 bridgehead atoms. The van der Waals surface area contributed by atoms with E-state index in [2.05, 4.69) is 15.0 Å². The number of halogens is 4. The Morgan fingerprint density at radius 1 is 1.33 bits per heavy atom. The summed E-state index contributed by atoms with van der Waals surface area (Å²) in [5.41, 5.74) is 0.623. The highest BCUT2D eigenvalue weighted by Gasteiger charge is 2.27. The molecule has 1 N–H and O–H groups in total. The largest absolute Gasteiger partial charge is 0.448 e. The van der Waals surface area contributed by atoms with Crippen molar-refractivity contribution in [1.29, 1.82) is 0 Å². The van der Waals surface area contributed by atoms with Crippen LogP contribution < -0.4 is 10.2 Å². The molecule has 0 amide bonds. The van der Waals surface area contributed by atoms with Gasteiger partial charge in [-0.15, -0.1) is 0 Å². The Morgan fingerprint density at radius 2 is 2.04 bits per heavy atom. The molecule has 0 radical (unpaired) electrons. The molecule has 0 saturated carbocycles. The average Bonchev–Trinajstić information content (AvgIpc) is 2.56. The van der Waals surface area contributed by atoms with Crippen LogP contribution in [0, 0.1) is 12.7 Å². The fourth-order valence-corrected chi connectivity index (χ4v) is 2.25. The van der Waals surface area contributed by atoms with Gasteiger partial charge >= 0.3 is 6.18 Å². The predicted octanol–water partition coefficient (Wildman–Crippen LogP) is 2.74. The summed E-state index contributed by atoms with van der Waals surface area (Å²) in [5, 5.41) is 3.17. The van der Waals surface area contributed by atoms with E-state index in [4.69, 9.17) is 4.42 Å². The number of nitrogens with zero attached hydrogens (tertiary/aromatic N) is 2. The van der Waals surface area contributed by atoms with Gasteiger partial charge < -0.3 is 19.4 Å². The summed E-state index contributed by atoms with van der Waals surface area (Å²) in [4.78, 5) is 5.81. The van der Waals surface area contributed by atoms with Crippen molar-refractivity contribution >= 4 is 5.69 Å². The first-order chi connectivity index (χ1) is 11.3. The van der Waals surface area contributed by atoms with E-state index in [1.54, 1.807) is 0 Å². The van der Waals surface area contributed by atoms with Crippen molar-refractivity contribution in [1.82, 2.24) is 10.3 Å². The maximum atomic E-state index is 14.4. The summed E-state index contributed by atoms with van der Waals surface area (Å²) in [5.74, 6) is -0.547. The van der Waals surface area contributed by atoms with Gasteiger partial charge in [-0.25, -0.2) is 9.37 Å². The van der Waals surface area contributed by atoms with Crippen molar-refractivity contribution < 1.29 is 26.7 Å². The quantitative estimate of drug-likeness (QED) is 0.847. The molecule has 1 saturated heterocycles. The number of alkyl halides is 3. The van der Waals surface area contributed by atoms with E-state index in [1.807, 2.05) is 4.90 Å². The Morgan fingerprint density at radius 3 is 2.71 bits per heavy atom. The number of hydrogen-bond donors (Lipinski definition) is 1. The standard InChI is InChI=1S/C15H19F4N3O2/c1-11-8-12(16)13(22-5-3-20-4-6-22)2-7-24-14(21-11)9-23-10-15(17,18)19/h2,7-8,20H,3-6,9-10H2,1H3. The van der Waals surface area contributed by atoms with Crippen molar-refractivity contribution in [2.45, 2.75) is 19.7 Å². The second-order valence-electron chi connectivity index (χ2n) is 5.29. The zero-order chi connectivity index (χ0) is 17.6. The maximum absolute atomic E-state index is 14.4. The molecule has 0 aromatic carbocycles. The number of anilines is 1. The number of piperazine rings is 1. The van der Waals surface area contributed by atoms with Gasteiger partial charge in [0.05, 0.1) is 12.0 Å². The van der Waals surface area contributed by atoms with Crippen LogP contribution in [0.2, 0.25) is 0 Å². The molecule has 0 atom stereocenters. The van der Waals surface area contributed by atoms with E-state index in [0.29, 0.717) is 18.8 Å². The summed E-state index contributed by atoms with van der Waals surface area (Å²) in [7, 11) is 0. The van der Waals surface area contributed by atoms with Crippen molar-refractivity contribution in [3.63, 3.8) is 0 Å². The summed E-state index contributed by atoms with van der Waals surface area (Å²) >= 11 is 0. The van der Waals surface area contributed by atoms with Crippen LogP contribution in [0.1, 0.15) is 11.6 Å². The molecule has 0 aliphatic carbocycles. The molecule has 1 aliphatic rings. The maximum Gasteiger partial charge on any atom is 0.411 e. The van der Waals surface area contributed by atoms with Crippen molar-refractivity contribution in [3.8, 4) is 0 Å². The van der Waals surface area contributed by atoms with E-state index in [1.165, 1.54) is 25.3 Å². The highest BCUT2D eigenvalue weighted by Crippen LogP contribution is 2.18. The summed E-state index contributed by atoms with van der Waals surface area (Å²) in [6.45, 7) is 2.43. The third-order valence-corrected chi connectivity index (χ3v) is 3.26. The molecular weight excluding hydrogens is 330 g/mol. The average molecular weight is 349 g/mol. The number of aryl methyl sites for hydroxylation is 1. The normalized spacial score (nSPS) is 15.3. The Labute approximate surface area is 136 Å². The smallest absolute Gasteiger partial charge is 0.411 e. The zero-order valence-electron chi connectivity index (χ0n) is 13.2. The van der Waals surface area contributed by atoms with E-state index >= 15 is 0 Å². The van der Waals surface area contributed by atoms with Crippen molar-refractivity contribution in [2.75, 3.05) is 37.7 Å². The monoisotopic (exact) mass is 349 g/mol. The molecular formula is C15H19F4N3O2. The second-order valence-corrected chi connectivity index (χ2v) is 5.29. The van der Waals surface area contributed by atoms with Crippen LogP contribution in [-0.4, -0.2) is 43.9 Å². The van der Waals surface area contributed by atoms with Gasteiger partial charge in [0.1, 0.15) is 19.0 Å². The van der Waals surface area contributed by atoms with Crippen molar-refractivity contribution in [2.24, 2.45) is 0 Å². The molecule has 1 aromatic heterocycles. The molecule has 0 spiro atoms. The van der Waals surface area contributed by atoms with E-state index in [-0.39, 0.29) is 11.6 Å². The molecule has 2 rings (SSSR count). The molecule has 24 heavy (non-hydrogen) atoms. The minimum atomic E-state index is -4.43. The van der Waals surface area contributed by atoms with Gasteiger partial charge in [-0.3, -0.25) is 0 Å². The van der Waals surface area contributed by atoms with Crippen LogP contribution in [0.5, 0.6) is 0 Å². The van der Waals surface area contributed by atoms with Crippen LogP contribution in [0.3, 0.4) is 0 Å². The Hall–Kier alpha value is -1.87. The van der Waals surface area contributed by atoms with Gasteiger partial charge in [0.15, 0.2) is 0 Å². The van der Waals surface area contributed by atoms with E-state index in [0.717, 1.165) is 13.1 Å². The number of nitrogens with one attached hydrogen (secondary N) is 1. The lowest BCUT2D eigenvalue weighted by molar-refractivity contribution is -0.177. The molecule has 1 aliphatic heterocycles. The highest BCUT2D eigenvalue weighted by atomic mass is 19.4. The predicted molar refractivity (Wildman–Crippen MR) is 79.6 cm³/mol. The zero-order valence-corrected chi connectivity index (χ0v) is 13.2. The SMILES string of the molecule is Cc1cc(F)c(N2CCNCC2)ccoc(COCC(F)(F)F)n1. The molecule has 134 valence electrons. The third kappa shape index (κ3) is 5.97. The van der Waals surface area contributed by atoms with Crippen LogP contribution in [0.15, 0.2) is 22.8 Å². The first-order valence-electron chi connectivity index (χ1n) is 7.44. The number of rotatable bonds is 4. The highest BCUT2D eigenvalue weighted by molar-refractivity contribution is 5.46. The minimum Gasteiger partial charge on any atom is -0.448 e.